The summed E-state index contributed by atoms with van der Waals surface area (Å²) in [4.78, 5) is 0. The van der Waals surface area contributed by atoms with Crippen molar-refractivity contribution in [3.05, 3.63) is 35.9 Å². The Bertz CT molecular complexity index is 303. The van der Waals surface area contributed by atoms with Crippen molar-refractivity contribution in [1.82, 2.24) is 5.32 Å². The van der Waals surface area contributed by atoms with E-state index in [1.165, 1.54) is 0 Å². The lowest BCUT2D eigenvalue weighted by Crippen LogP contribution is -2.51. The van der Waals surface area contributed by atoms with Gasteiger partial charge >= 0.3 is 0 Å². The van der Waals surface area contributed by atoms with E-state index in [0.717, 1.165) is 5.56 Å². The first-order valence-corrected chi connectivity index (χ1v) is 5.33. The Labute approximate surface area is 94.8 Å². The van der Waals surface area contributed by atoms with Gasteiger partial charge in [-0.25, -0.2) is 8.78 Å². The molecule has 90 valence electrons. The van der Waals surface area contributed by atoms with Crippen LogP contribution < -0.4 is 11.1 Å². The minimum atomic E-state index is -2.35. The van der Waals surface area contributed by atoms with Crippen molar-refractivity contribution in [3.63, 3.8) is 0 Å². The molecule has 1 aromatic carbocycles. The van der Waals surface area contributed by atoms with Gasteiger partial charge in [0.05, 0.1) is 6.54 Å². The number of halogens is 2. The maximum absolute atomic E-state index is 12.1. The molecule has 0 aliphatic heterocycles. The Balaban J connectivity index is 2.59. The van der Waals surface area contributed by atoms with Gasteiger partial charge in [-0.05, 0) is 18.9 Å². The topological polar surface area (TPSA) is 38.0 Å². The molecule has 0 spiro atoms. The normalized spacial score (nSPS) is 15.1. The highest BCUT2D eigenvalue weighted by Gasteiger charge is 2.23. The van der Waals surface area contributed by atoms with Crippen molar-refractivity contribution < 1.29 is 8.78 Å². The van der Waals surface area contributed by atoms with E-state index < -0.39 is 12.0 Å². The quantitative estimate of drug-likeness (QED) is 0.779. The van der Waals surface area contributed by atoms with Gasteiger partial charge in [-0.3, -0.25) is 0 Å². The number of hydrogen-bond donors (Lipinski definition) is 2. The van der Waals surface area contributed by atoms with Gasteiger partial charge in [-0.15, -0.1) is 0 Å². The minimum Gasteiger partial charge on any atom is -0.329 e. The highest BCUT2D eigenvalue weighted by molar-refractivity contribution is 5.17. The Morgan fingerprint density at radius 3 is 2.44 bits per heavy atom. The number of alkyl halides is 2. The fourth-order valence-corrected chi connectivity index (χ4v) is 1.58. The Kier molecular flexibility index (Phi) is 4.83. The smallest absolute Gasteiger partial charge is 0.250 e. The third-order valence-electron chi connectivity index (χ3n) is 2.57. The van der Waals surface area contributed by atoms with Crippen molar-refractivity contribution in [2.45, 2.75) is 25.3 Å². The second kappa shape index (κ2) is 5.92. The van der Waals surface area contributed by atoms with Crippen molar-refractivity contribution in [3.8, 4) is 0 Å². The standard InChI is InChI=1S/C12H18F2N2/c1-12(9-15,16-8-11(13)14)7-10-5-3-2-4-6-10/h2-6,11,16H,7-9,15H2,1H3. The van der Waals surface area contributed by atoms with E-state index in [0.29, 0.717) is 13.0 Å². The average Bonchev–Trinajstić information content (AvgIpc) is 2.28. The molecule has 0 bridgehead atoms. The van der Waals surface area contributed by atoms with Crippen LogP contribution in [0, 0.1) is 0 Å². The second-order valence-electron chi connectivity index (χ2n) is 4.20. The molecule has 0 radical (unpaired) electrons. The summed E-state index contributed by atoms with van der Waals surface area (Å²) in [5.41, 5.74) is 6.25. The lowest BCUT2D eigenvalue weighted by atomic mass is 9.93. The van der Waals surface area contributed by atoms with E-state index >= 15 is 0 Å². The molecule has 0 fully saturated rings. The van der Waals surface area contributed by atoms with Crippen molar-refractivity contribution in [1.29, 1.82) is 0 Å². The molecule has 16 heavy (non-hydrogen) atoms. The van der Waals surface area contributed by atoms with Crippen LogP contribution in [0.4, 0.5) is 8.78 Å². The lowest BCUT2D eigenvalue weighted by molar-refractivity contribution is 0.132. The van der Waals surface area contributed by atoms with Crippen molar-refractivity contribution in [2.75, 3.05) is 13.1 Å². The van der Waals surface area contributed by atoms with Crippen molar-refractivity contribution >= 4 is 0 Å². The van der Waals surface area contributed by atoms with Gasteiger partial charge in [0.15, 0.2) is 0 Å². The minimum absolute atomic E-state index is 0.319. The highest BCUT2D eigenvalue weighted by Crippen LogP contribution is 2.12. The Morgan fingerprint density at radius 1 is 1.31 bits per heavy atom. The predicted molar refractivity (Wildman–Crippen MR) is 61.6 cm³/mol. The van der Waals surface area contributed by atoms with Crippen LogP contribution in [0.2, 0.25) is 0 Å². The number of hydrogen-bond acceptors (Lipinski definition) is 2. The van der Waals surface area contributed by atoms with Crippen LogP contribution >= 0.6 is 0 Å². The zero-order valence-corrected chi connectivity index (χ0v) is 9.42. The number of nitrogens with one attached hydrogen (secondary N) is 1. The summed E-state index contributed by atoms with van der Waals surface area (Å²) in [6.45, 7) is 1.87. The van der Waals surface area contributed by atoms with Gasteiger partial charge < -0.3 is 11.1 Å². The first-order chi connectivity index (χ1) is 7.56. The van der Waals surface area contributed by atoms with E-state index in [4.69, 9.17) is 5.73 Å². The molecular weight excluding hydrogens is 210 g/mol. The predicted octanol–water partition coefficient (Wildman–Crippen LogP) is 1.80. The molecule has 0 saturated heterocycles. The zero-order chi connectivity index (χ0) is 12.0. The second-order valence-corrected chi connectivity index (χ2v) is 4.20. The fourth-order valence-electron chi connectivity index (χ4n) is 1.58. The summed E-state index contributed by atoms with van der Waals surface area (Å²) in [6, 6.07) is 9.73. The van der Waals surface area contributed by atoms with Gasteiger partial charge in [-0.2, -0.15) is 0 Å². The summed E-state index contributed by atoms with van der Waals surface area (Å²) in [5, 5.41) is 2.82. The first kappa shape index (κ1) is 13.1. The largest absolute Gasteiger partial charge is 0.329 e. The molecule has 3 N–H and O–H groups in total. The molecule has 0 heterocycles. The van der Waals surface area contributed by atoms with Crippen LogP contribution in [0.1, 0.15) is 12.5 Å². The van der Waals surface area contributed by atoms with Crippen LogP contribution in [0.25, 0.3) is 0 Å². The maximum Gasteiger partial charge on any atom is 0.250 e. The summed E-state index contributed by atoms with van der Waals surface area (Å²) in [5.74, 6) is 0. The summed E-state index contributed by atoms with van der Waals surface area (Å²) in [7, 11) is 0. The van der Waals surface area contributed by atoms with Crippen LogP contribution in [-0.2, 0) is 6.42 Å². The molecule has 0 aliphatic rings. The first-order valence-electron chi connectivity index (χ1n) is 5.33. The fraction of sp³-hybridized carbons (Fsp3) is 0.500. The highest BCUT2D eigenvalue weighted by atomic mass is 19.3. The van der Waals surface area contributed by atoms with E-state index in [-0.39, 0.29) is 6.54 Å². The van der Waals surface area contributed by atoms with Gasteiger partial charge in [0.1, 0.15) is 0 Å². The third-order valence-corrected chi connectivity index (χ3v) is 2.57. The van der Waals surface area contributed by atoms with E-state index in [9.17, 15) is 8.78 Å². The summed E-state index contributed by atoms with van der Waals surface area (Å²) >= 11 is 0. The molecule has 0 aromatic heterocycles. The molecule has 2 nitrogen and oxygen atoms in total. The third kappa shape index (κ3) is 4.24. The molecule has 1 atom stereocenters. The Morgan fingerprint density at radius 2 is 1.94 bits per heavy atom. The van der Waals surface area contributed by atoms with Crippen LogP contribution in [0.5, 0.6) is 0 Å². The van der Waals surface area contributed by atoms with E-state index in [1.54, 1.807) is 0 Å². The Hall–Kier alpha value is -1.00. The summed E-state index contributed by atoms with van der Waals surface area (Å²) < 4.78 is 24.3. The number of rotatable bonds is 6. The van der Waals surface area contributed by atoms with Gasteiger partial charge in [0.25, 0.3) is 6.43 Å². The molecule has 4 heteroatoms. The SMILES string of the molecule is CC(CN)(Cc1ccccc1)NCC(F)F. The number of nitrogens with two attached hydrogens (primary N) is 1. The monoisotopic (exact) mass is 228 g/mol. The molecular formula is C12H18F2N2. The molecule has 0 aliphatic carbocycles. The van der Waals surface area contributed by atoms with Crippen molar-refractivity contribution in [2.24, 2.45) is 5.73 Å². The van der Waals surface area contributed by atoms with Gasteiger partial charge in [0.2, 0.25) is 0 Å². The zero-order valence-electron chi connectivity index (χ0n) is 9.42. The van der Waals surface area contributed by atoms with Crippen LogP contribution in [0.15, 0.2) is 30.3 Å². The molecule has 0 saturated carbocycles. The maximum atomic E-state index is 12.1. The molecule has 1 unspecified atom stereocenters. The number of benzene rings is 1. The van der Waals surface area contributed by atoms with Gasteiger partial charge in [-0.1, -0.05) is 30.3 Å². The average molecular weight is 228 g/mol. The van der Waals surface area contributed by atoms with Crippen LogP contribution in [0.3, 0.4) is 0 Å². The van der Waals surface area contributed by atoms with Gasteiger partial charge in [0, 0.05) is 12.1 Å². The van der Waals surface area contributed by atoms with E-state index in [2.05, 4.69) is 5.32 Å². The molecule has 1 aromatic rings. The molecule has 1 rings (SSSR count). The lowest BCUT2D eigenvalue weighted by Gasteiger charge is -2.29. The van der Waals surface area contributed by atoms with Crippen LogP contribution in [-0.4, -0.2) is 25.1 Å². The summed E-state index contributed by atoms with van der Waals surface area (Å²) in [6.07, 6.45) is -1.70. The van der Waals surface area contributed by atoms with E-state index in [1.807, 2.05) is 37.3 Å². The molecule has 0 amide bonds.